The second-order valence-corrected chi connectivity index (χ2v) is 6.51. The number of hydrogen-bond donors (Lipinski definition) is 1. The summed E-state index contributed by atoms with van der Waals surface area (Å²) in [4.78, 5) is 24.6. The molecule has 1 atom stereocenters. The number of rotatable bonds is 4. The van der Waals surface area contributed by atoms with Crippen LogP contribution in [0.25, 0.3) is 0 Å². The molecule has 6 heteroatoms. The van der Waals surface area contributed by atoms with Crippen LogP contribution in [0.2, 0.25) is 0 Å². The molecule has 0 saturated carbocycles. The summed E-state index contributed by atoms with van der Waals surface area (Å²) in [5, 5.41) is 5.07. The first-order chi connectivity index (χ1) is 10.7. The average Bonchev–Trinajstić information content (AvgIpc) is 3.17. The molecule has 3 heterocycles. The Labute approximate surface area is 134 Å². The highest BCUT2D eigenvalue weighted by atomic mass is 32.1. The predicted molar refractivity (Wildman–Crippen MR) is 88.0 cm³/mol. The number of thiophene rings is 1. The molecular weight excluding hydrogens is 296 g/mol. The minimum atomic E-state index is 0.0706. The van der Waals surface area contributed by atoms with Gasteiger partial charge in [-0.3, -0.25) is 4.79 Å². The van der Waals surface area contributed by atoms with E-state index < -0.39 is 0 Å². The lowest BCUT2D eigenvalue weighted by atomic mass is 10.1. The summed E-state index contributed by atoms with van der Waals surface area (Å²) < 4.78 is 0. The molecule has 22 heavy (non-hydrogen) atoms. The van der Waals surface area contributed by atoms with Crippen molar-refractivity contribution >= 4 is 23.1 Å². The molecule has 0 aromatic carbocycles. The molecule has 2 aromatic heterocycles. The van der Waals surface area contributed by atoms with Gasteiger partial charge in [0.05, 0.1) is 18.2 Å². The Morgan fingerprint density at radius 1 is 1.50 bits per heavy atom. The summed E-state index contributed by atoms with van der Waals surface area (Å²) in [6, 6.07) is 6.03. The molecule has 1 fully saturated rings. The Morgan fingerprint density at radius 3 is 3.09 bits per heavy atom. The number of carbonyl (C=O) groups is 1. The maximum absolute atomic E-state index is 12.6. The van der Waals surface area contributed by atoms with Crippen LogP contribution in [0.15, 0.2) is 23.6 Å². The number of aromatic nitrogens is 2. The van der Waals surface area contributed by atoms with Gasteiger partial charge >= 0.3 is 0 Å². The van der Waals surface area contributed by atoms with Crippen LogP contribution in [0.5, 0.6) is 0 Å². The van der Waals surface area contributed by atoms with Crippen molar-refractivity contribution in [3.05, 3.63) is 40.0 Å². The van der Waals surface area contributed by atoms with Crippen molar-refractivity contribution in [3.63, 3.8) is 0 Å². The monoisotopic (exact) mass is 316 g/mol. The van der Waals surface area contributed by atoms with E-state index in [0.29, 0.717) is 6.42 Å². The van der Waals surface area contributed by atoms with E-state index in [1.807, 2.05) is 42.5 Å². The summed E-state index contributed by atoms with van der Waals surface area (Å²) in [6.45, 7) is 2.70. The first kappa shape index (κ1) is 15.0. The zero-order chi connectivity index (χ0) is 15.5. The molecule has 1 amide bonds. The quantitative estimate of drug-likeness (QED) is 0.942. The number of nitrogens with one attached hydrogen (secondary N) is 1. The van der Waals surface area contributed by atoms with Crippen molar-refractivity contribution in [1.82, 2.24) is 14.9 Å². The van der Waals surface area contributed by atoms with E-state index in [4.69, 9.17) is 0 Å². The van der Waals surface area contributed by atoms with Gasteiger partial charge in [-0.05, 0) is 31.2 Å². The molecule has 2 aromatic rings. The fraction of sp³-hybridized carbons (Fsp3) is 0.438. The molecule has 3 rings (SSSR count). The van der Waals surface area contributed by atoms with Crippen LogP contribution in [0.4, 0.5) is 5.82 Å². The highest BCUT2D eigenvalue weighted by molar-refractivity contribution is 7.10. The SMILES string of the molecule is CNc1cc([C@H]2CCCN2C(=O)Cc2cccs2)nc(C)n1. The Morgan fingerprint density at radius 2 is 2.36 bits per heavy atom. The molecule has 0 bridgehead atoms. The van der Waals surface area contributed by atoms with Crippen LogP contribution in [0.3, 0.4) is 0 Å². The third-order valence-electron chi connectivity index (χ3n) is 3.93. The van der Waals surface area contributed by atoms with Gasteiger partial charge in [0.1, 0.15) is 11.6 Å². The Bertz CT molecular complexity index is 656. The van der Waals surface area contributed by atoms with Gasteiger partial charge in [0.2, 0.25) is 5.91 Å². The lowest BCUT2D eigenvalue weighted by molar-refractivity contribution is -0.131. The van der Waals surface area contributed by atoms with E-state index >= 15 is 0 Å². The standard InChI is InChI=1S/C16H20N4OS/c1-11-18-13(10-15(17-2)19-11)14-6-3-7-20(14)16(21)9-12-5-4-8-22-12/h4-5,8,10,14H,3,6-7,9H2,1-2H3,(H,17,18,19)/t14-/m1/s1. The zero-order valence-corrected chi connectivity index (χ0v) is 13.7. The molecule has 1 aliphatic rings. The van der Waals surface area contributed by atoms with Crippen molar-refractivity contribution in [2.24, 2.45) is 0 Å². The summed E-state index contributed by atoms with van der Waals surface area (Å²) >= 11 is 1.63. The maximum Gasteiger partial charge on any atom is 0.228 e. The van der Waals surface area contributed by atoms with Crippen molar-refractivity contribution in [2.45, 2.75) is 32.2 Å². The van der Waals surface area contributed by atoms with Gasteiger partial charge in [-0.1, -0.05) is 6.07 Å². The molecule has 0 radical (unpaired) electrons. The summed E-state index contributed by atoms with van der Waals surface area (Å²) in [6.07, 6.45) is 2.48. The van der Waals surface area contributed by atoms with Gasteiger partial charge in [0, 0.05) is 24.5 Å². The van der Waals surface area contributed by atoms with E-state index in [2.05, 4.69) is 15.3 Å². The van der Waals surface area contributed by atoms with Crippen LogP contribution in [0, 0.1) is 6.92 Å². The van der Waals surface area contributed by atoms with Gasteiger partial charge in [0.25, 0.3) is 0 Å². The smallest absolute Gasteiger partial charge is 0.228 e. The number of likely N-dealkylation sites (tertiary alicyclic amines) is 1. The normalized spacial score (nSPS) is 17.7. The molecule has 0 unspecified atom stereocenters. The van der Waals surface area contributed by atoms with Crippen molar-refractivity contribution < 1.29 is 4.79 Å². The number of aryl methyl sites for hydroxylation is 1. The highest BCUT2D eigenvalue weighted by Gasteiger charge is 2.31. The lowest BCUT2D eigenvalue weighted by Gasteiger charge is -2.24. The Kier molecular flexibility index (Phi) is 4.38. The number of carbonyl (C=O) groups excluding carboxylic acids is 1. The molecule has 116 valence electrons. The first-order valence-corrected chi connectivity index (χ1v) is 8.40. The van der Waals surface area contributed by atoms with E-state index in [-0.39, 0.29) is 11.9 Å². The molecule has 1 saturated heterocycles. The fourth-order valence-corrected chi connectivity index (χ4v) is 3.62. The largest absolute Gasteiger partial charge is 0.373 e. The molecule has 5 nitrogen and oxygen atoms in total. The van der Waals surface area contributed by atoms with E-state index in [0.717, 1.165) is 41.6 Å². The van der Waals surface area contributed by atoms with Crippen molar-refractivity contribution in [1.29, 1.82) is 0 Å². The van der Waals surface area contributed by atoms with Crippen LogP contribution in [0.1, 0.15) is 35.3 Å². The van der Waals surface area contributed by atoms with Gasteiger partial charge in [-0.2, -0.15) is 0 Å². The maximum atomic E-state index is 12.6. The zero-order valence-electron chi connectivity index (χ0n) is 12.9. The third-order valence-corrected chi connectivity index (χ3v) is 4.81. The van der Waals surface area contributed by atoms with Crippen LogP contribution in [-0.2, 0) is 11.2 Å². The number of amides is 1. The minimum Gasteiger partial charge on any atom is -0.373 e. The molecule has 1 aliphatic heterocycles. The van der Waals surface area contributed by atoms with Crippen molar-refractivity contribution in [3.8, 4) is 0 Å². The van der Waals surface area contributed by atoms with Crippen molar-refractivity contribution in [2.75, 3.05) is 18.9 Å². The topological polar surface area (TPSA) is 58.1 Å². The van der Waals surface area contributed by atoms with Gasteiger partial charge in [-0.15, -0.1) is 11.3 Å². The first-order valence-electron chi connectivity index (χ1n) is 7.52. The third kappa shape index (κ3) is 3.11. The lowest BCUT2D eigenvalue weighted by Crippen LogP contribution is -2.32. The van der Waals surface area contributed by atoms with E-state index in [1.165, 1.54) is 0 Å². The Hall–Kier alpha value is -1.95. The van der Waals surface area contributed by atoms with Crippen LogP contribution >= 0.6 is 11.3 Å². The minimum absolute atomic E-state index is 0.0706. The molecular formula is C16H20N4OS. The van der Waals surface area contributed by atoms with E-state index in [1.54, 1.807) is 11.3 Å². The number of nitrogens with zero attached hydrogens (tertiary/aromatic N) is 3. The van der Waals surface area contributed by atoms with Gasteiger partial charge in [0.15, 0.2) is 0 Å². The van der Waals surface area contributed by atoms with Gasteiger partial charge < -0.3 is 10.2 Å². The van der Waals surface area contributed by atoms with Crippen LogP contribution < -0.4 is 5.32 Å². The molecule has 0 aliphatic carbocycles. The van der Waals surface area contributed by atoms with Crippen LogP contribution in [-0.4, -0.2) is 34.4 Å². The second-order valence-electron chi connectivity index (χ2n) is 5.48. The summed E-state index contributed by atoms with van der Waals surface area (Å²) in [5.41, 5.74) is 0.939. The second kappa shape index (κ2) is 6.44. The highest BCUT2D eigenvalue weighted by Crippen LogP contribution is 2.32. The summed E-state index contributed by atoms with van der Waals surface area (Å²) in [5.74, 6) is 1.73. The predicted octanol–water partition coefficient (Wildman–Crippen LogP) is 2.79. The van der Waals surface area contributed by atoms with Gasteiger partial charge in [-0.25, -0.2) is 9.97 Å². The molecule has 0 spiro atoms. The Balaban J connectivity index is 1.80. The summed E-state index contributed by atoms with van der Waals surface area (Å²) in [7, 11) is 1.85. The number of anilines is 1. The average molecular weight is 316 g/mol. The fourth-order valence-electron chi connectivity index (χ4n) is 2.93. The number of hydrogen-bond acceptors (Lipinski definition) is 5. The van der Waals surface area contributed by atoms with E-state index in [9.17, 15) is 4.79 Å². The molecule has 1 N–H and O–H groups in total.